The number of thioether (sulfide) groups is 1. The first-order chi connectivity index (χ1) is 4.45. The number of nitrogens with two attached hydrogens (primary N) is 1. The van der Waals surface area contributed by atoms with Crippen molar-refractivity contribution < 1.29 is 0 Å². The summed E-state index contributed by atoms with van der Waals surface area (Å²) in [6, 6.07) is 0. The Hall–Kier alpha value is 0.527. The SMILES string of the molecule is CCC(N)SC[Si](C)(C)C. The quantitative estimate of drug-likeness (QED) is 0.527. The van der Waals surface area contributed by atoms with Gasteiger partial charge in [0.2, 0.25) is 0 Å². The van der Waals surface area contributed by atoms with E-state index in [1.165, 1.54) is 5.38 Å². The van der Waals surface area contributed by atoms with Crippen LogP contribution in [0.5, 0.6) is 0 Å². The van der Waals surface area contributed by atoms with Crippen molar-refractivity contribution in [2.75, 3.05) is 5.38 Å². The number of hydrogen-bond acceptors (Lipinski definition) is 2. The summed E-state index contributed by atoms with van der Waals surface area (Å²) in [6.45, 7) is 9.27. The van der Waals surface area contributed by atoms with E-state index in [9.17, 15) is 0 Å². The fourth-order valence-electron chi connectivity index (χ4n) is 0.475. The molecule has 0 aliphatic heterocycles. The van der Waals surface area contributed by atoms with Gasteiger partial charge in [-0.25, -0.2) is 0 Å². The molecule has 10 heavy (non-hydrogen) atoms. The Kier molecular flexibility index (Phi) is 4.65. The van der Waals surface area contributed by atoms with Crippen molar-refractivity contribution in [1.82, 2.24) is 0 Å². The minimum absolute atomic E-state index is 0.367. The van der Waals surface area contributed by atoms with Crippen molar-refractivity contribution in [3.8, 4) is 0 Å². The monoisotopic (exact) mass is 177 g/mol. The van der Waals surface area contributed by atoms with Crippen LogP contribution in [0, 0.1) is 0 Å². The van der Waals surface area contributed by atoms with Crippen molar-refractivity contribution in [1.29, 1.82) is 0 Å². The summed E-state index contributed by atoms with van der Waals surface area (Å²) < 4.78 is 0. The molecule has 0 aromatic carbocycles. The molecule has 3 heteroatoms. The van der Waals surface area contributed by atoms with Gasteiger partial charge in [0, 0.05) is 0 Å². The number of rotatable bonds is 4. The molecule has 0 rings (SSSR count). The Bertz CT molecular complexity index is 90.1. The third kappa shape index (κ3) is 6.64. The average Bonchev–Trinajstić information content (AvgIpc) is 1.81. The lowest BCUT2D eigenvalue weighted by atomic mass is 10.5. The highest BCUT2D eigenvalue weighted by Crippen LogP contribution is 2.15. The van der Waals surface area contributed by atoms with E-state index in [2.05, 4.69) is 26.6 Å². The molecule has 0 amide bonds. The third-order valence-corrected chi connectivity index (χ3v) is 6.03. The number of hydrogen-bond donors (Lipinski definition) is 1. The van der Waals surface area contributed by atoms with Crippen molar-refractivity contribution in [2.45, 2.75) is 38.4 Å². The molecule has 0 fully saturated rings. The van der Waals surface area contributed by atoms with Gasteiger partial charge >= 0.3 is 0 Å². The van der Waals surface area contributed by atoms with Crippen LogP contribution in [0.15, 0.2) is 0 Å². The lowest BCUT2D eigenvalue weighted by Gasteiger charge is -2.17. The second kappa shape index (κ2) is 4.41. The molecule has 0 aliphatic carbocycles. The Morgan fingerprint density at radius 1 is 1.40 bits per heavy atom. The molecule has 0 saturated carbocycles. The molecule has 0 aromatic rings. The zero-order chi connectivity index (χ0) is 8.20. The molecule has 1 unspecified atom stereocenters. The molecule has 0 heterocycles. The molecule has 0 aromatic heterocycles. The molecular weight excluding hydrogens is 158 g/mol. The Morgan fingerprint density at radius 2 is 1.90 bits per heavy atom. The maximum absolute atomic E-state index is 5.77. The topological polar surface area (TPSA) is 26.0 Å². The first-order valence-corrected chi connectivity index (χ1v) is 8.58. The predicted molar refractivity (Wildman–Crippen MR) is 54.1 cm³/mol. The van der Waals surface area contributed by atoms with Crippen LogP contribution in [-0.2, 0) is 0 Å². The fraction of sp³-hybridized carbons (Fsp3) is 1.00. The highest BCUT2D eigenvalue weighted by Gasteiger charge is 2.14. The first kappa shape index (κ1) is 10.5. The lowest BCUT2D eigenvalue weighted by molar-refractivity contribution is 0.870. The summed E-state index contributed by atoms with van der Waals surface area (Å²) >= 11 is 1.92. The van der Waals surface area contributed by atoms with Crippen molar-refractivity contribution >= 4 is 19.8 Å². The molecule has 62 valence electrons. The van der Waals surface area contributed by atoms with Gasteiger partial charge in [-0.1, -0.05) is 26.6 Å². The molecule has 2 N–H and O–H groups in total. The van der Waals surface area contributed by atoms with Crippen LogP contribution >= 0.6 is 11.8 Å². The van der Waals surface area contributed by atoms with Gasteiger partial charge in [0.05, 0.1) is 13.4 Å². The fourth-order valence-corrected chi connectivity index (χ4v) is 3.57. The van der Waals surface area contributed by atoms with E-state index in [1.807, 2.05) is 11.8 Å². The van der Waals surface area contributed by atoms with E-state index >= 15 is 0 Å². The van der Waals surface area contributed by atoms with Gasteiger partial charge in [-0.3, -0.25) is 0 Å². The Labute approximate surface area is 69.8 Å². The summed E-state index contributed by atoms with van der Waals surface area (Å²) in [5, 5.41) is 1.66. The zero-order valence-electron chi connectivity index (χ0n) is 7.48. The van der Waals surface area contributed by atoms with Crippen LogP contribution in [-0.4, -0.2) is 18.8 Å². The summed E-state index contributed by atoms with van der Waals surface area (Å²) in [6.07, 6.45) is 1.09. The highest BCUT2D eigenvalue weighted by atomic mass is 32.2. The average molecular weight is 177 g/mol. The van der Waals surface area contributed by atoms with Crippen LogP contribution in [0.3, 0.4) is 0 Å². The predicted octanol–water partition coefficient (Wildman–Crippen LogP) is 2.29. The maximum atomic E-state index is 5.77. The second-order valence-electron chi connectivity index (χ2n) is 3.82. The molecule has 1 nitrogen and oxygen atoms in total. The van der Waals surface area contributed by atoms with Gasteiger partial charge < -0.3 is 5.73 Å². The molecule has 0 bridgehead atoms. The molecule has 0 spiro atoms. The van der Waals surface area contributed by atoms with E-state index in [-0.39, 0.29) is 0 Å². The summed E-state index contributed by atoms with van der Waals surface area (Å²) in [7, 11) is -0.853. The van der Waals surface area contributed by atoms with Gasteiger partial charge in [-0.2, -0.15) is 0 Å². The Balaban J connectivity index is 3.36. The van der Waals surface area contributed by atoms with Gasteiger partial charge in [0.1, 0.15) is 0 Å². The zero-order valence-corrected chi connectivity index (χ0v) is 9.29. The second-order valence-corrected chi connectivity index (χ2v) is 11.0. The van der Waals surface area contributed by atoms with Gasteiger partial charge in [0.25, 0.3) is 0 Å². The van der Waals surface area contributed by atoms with Gasteiger partial charge in [-0.15, -0.1) is 11.8 Å². The summed E-state index contributed by atoms with van der Waals surface area (Å²) in [4.78, 5) is 0. The van der Waals surface area contributed by atoms with Crippen molar-refractivity contribution in [3.63, 3.8) is 0 Å². The van der Waals surface area contributed by atoms with Crippen molar-refractivity contribution in [3.05, 3.63) is 0 Å². The lowest BCUT2D eigenvalue weighted by Crippen LogP contribution is -2.27. The third-order valence-electron chi connectivity index (χ3n) is 1.13. The van der Waals surface area contributed by atoms with E-state index in [1.54, 1.807) is 0 Å². The van der Waals surface area contributed by atoms with Crippen LogP contribution < -0.4 is 5.73 Å². The Morgan fingerprint density at radius 3 is 2.20 bits per heavy atom. The van der Waals surface area contributed by atoms with Crippen LogP contribution in [0.25, 0.3) is 0 Å². The first-order valence-electron chi connectivity index (χ1n) is 3.83. The van der Waals surface area contributed by atoms with E-state index in [0.717, 1.165) is 6.42 Å². The van der Waals surface area contributed by atoms with Crippen molar-refractivity contribution in [2.24, 2.45) is 5.73 Å². The summed E-state index contributed by atoms with van der Waals surface area (Å²) in [5.41, 5.74) is 5.77. The maximum Gasteiger partial charge on any atom is 0.0549 e. The van der Waals surface area contributed by atoms with E-state index < -0.39 is 8.07 Å². The molecule has 0 saturated heterocycles. The molecule has 1 atom stereocenters. The van der Waals surface area contributed by atoms with E-state index in [4.69, 9.17) is 5.73 Å². The van der Waals surface area contributed by atoms with E-state index in [0.29, 0.717) is 5.37 Å². The standard InChI is InChI=1S/C7H19NSSi/c1-5-7(8)9-6-10(2,3)4/h7H,5-6,8H2,1-4H3. The van der Waals surface area contributed by atoms with Gasteiger partial charge in [-0.05, 0) is 11.8 Å². The van der Waals surface area contributed by atoms with Crippen LogP contribution in [0.4, 0.5) is 0 Å². The smallest absolute Gasteiger partial charge is 0.0549 e. The highest BCUT2D eigenvalue weighted by molar-refractivity contribution is 8.01. The van der Waals surface area contributed by atoms with Crippen LogP contribution in [0.1, 0.15) is 13.3 Å². The molecule has 0 aliphatic rings. The normalized spacial score (nSPS) is 15.3. The largest absolute Gasteiger partial charge is 0.319 e. The molecule has 0 radical (unpaired) electrons. The molecular formula is C7H19NSSi. The summed E-state index contributed by atoms with van der Waals surface area (Å²) in [5.74, 6) is 0. The van der Waals surface area contributed by atoms with Gasteiger partial charge in [0.15, 0.2) is 0 Å². The van der Waals surface area contributed by atoms with Crippen LogP contribution in [0.2, 0.25) is 19.6 Å². The minimum atomic E-state index is -0.853. The minimum Gasteiger partial charge on any atom is -0.319 e.